The van der Waals surface area contributed by atoms with Crippen molar-refractivity contribution in [2.45, 2.75) is 72.5 Å². The normalized spacial score (nSPS) is 20.8. The summed E-state index contributed by atoms with van der Waals surface area (Å²) in [5.41, 5.74) is 0.519. The monoisotopic (exact) mass is 473 g/mol. The Morgan fingerprint density at radius 2 is 1.97 bits per heavy atom. The van der Waals surface area contributed by atoms with Gasteiger partial charge in [0.15, 0.2) is 6.39 Å². The number of nitrogens with one attached hydrogen (secondary N) is 1. The summed E-state index contributed by atoms with van der Waals surface area (Å²) in [5.74, 6) is 1.05. The van der Waals surface area contributed by atoms with Crippen LogP contribution in [0.2, 0.25) is 0 Å². The van der Waals surface area contributed by atoms with Crippen LogP contribution >= 0.6 is 0 Å². The molecular formula is C23H35N7O4. The summed E-state index contributed by atoms with van der Waals surface area (Å²) in [7, 11) is 1.63. The average molecular weight is 474 g/mol. The fraction of sp³-hybridized carbons (Fsp3) is 0.652. The highest BCUT2D eigenvalue weighted by molar-refractivity contribution is 5.92. The predicted octanol–water partition coefficient (Wildman–Crippen LogP) is 1.87. The Labute approximate surface area is 199 Å². The summed E-state index contributed by atoms with van der Waals surface area (Å²) in [4.78, 5) is 50.7. The maximum atomic E-state index is 13.2. The number of nitrogens with zero attached hydrogens (tertiary/aromatic N) is 6. The second-order valence-corrected chi connectivity index (χ2v) is 9.27. The van der Waals surface area contributed by atoms with Crippen LogP contribution in [0.15, 0.2) is 10.8 Å². The van der Waals surface area contributed by atoms with E-state index in [9.17, 15) is 14.4 Å². The third kappa shape index (κ3) is 5.81. The van der Waals surface area contributed by atoms with Gasteiger partial charge in [0.25, 0.3) is 5.91 Å². The summed E-state index contributed by atoms with van der Waals surface area (Å²) in [5, 5.41) is 7.62. The Kier molecular flexibility index (Phi) is 8.06. The van der Waals surface area contributed by atoms with Gasteiger partial charge < -0.3 is 19.5 Å². The Hall–Kier alpha value is -3.24. The number of likely N-dealkylation sites (N-methyl/N-ethyl adjacent to an activating group) is 1. The summed E-state index contributed by atoms with van der Waals surface area (Å²) in [6.45, 7) is 10.5. The topological polar surface area (TPSA) is 126 Å². The summed E-state index contributed by atoms with van der Waals surface area (Å²) < 4.78 is 7.09. The number of aromatic nitrogens is 4. The van der Waals surface area contributed by atoms with Crippen molar-refractivity contribution in [2.24, 2.45) is 5.92 Å². The lowest BCUT2D eigenvalue weighted by Crippen LogP contribution is -2.47. The standard InChI is InChI=1S/C23H35N7O4/c1-14(2)12-18-21-25-17(5)27-30(21)11-10-29(23(33)20-15(3)24-13-34-20)9-7-8-19(31)28(6)16(4)22(32)26-18/h13-14,16,18H,7-12H2,1-6H3,(H,26,32)/t16-,18+/m0/s1. The molecular weight excluding hydrogens is 438 g/mol. The quantitative estimate of drug-likeness (QED) is 0.721. The highest BCUT2D eigenvalue weighted by Gasteiger charge is 2.29. The summed E-state index contributed by atoms with van der Waals surface area (Å²) in [6, 6.07) is -1.01. The van der Waals surface area contributed by atoms with E-state index >= 15 is 0 Å². The Morgan fingerprint density at radius 1 is 1.24 bits per heavy atom. The first-order chi connectivity index (χ1) is 16.1. The van der Waals surface area contributed by atoms with Crippen molar-refractivity contribution in [3.8, 4) is 0 Å². The van der Waals surface area contributed by atoms with Gasteiger partial charge in [-0.2, -0.15) is 5.10 Å². The second-order valence-electron chi connectivity index (χ2n) is 9.27. The van der Waals surface area contributed by atoms with Crippen molar-refractivity contribution in [1.82, 2.24) is 34.9 Å². The van der Waals surface area contributed by atoms with Gasteiger partial charge in [0.1, 0.15) is 17.7 Å². The molecule has 11 heteroatoms. The van der Waals surface area contributed by atoms with Crippen molar-refractivity contribution < 1.29 is 18.8 Å². The molecule has 1 aliphatic heterocycles. The molecule has 3 rings (SSSR count). The molecule has 0 fully saturated rings. The molecule has 0 aromatic carbocycles. The molecule has 2 aromatic heterocycles. The number of hydrogen-bond donors (Lipinski definition) is 1. The van der Waals surface area contributed by atoms with E-state index in [4.69, 9.17) is 4.42 Å². The first-order valence-corrected chi connectivity index (χ1v) is 11.7. The molecule has 3 heterocycles. The number of fused-ring (bicyclic) bond motifs is 1. The van der Waals surface area contributed by atoms with Crippen LogP contribution in [0.1, 0.15) is 74.0 Å². The molecule has 0 radical (unpaired) electrons. The minimum atomic E-state index is -0.642. The van der Waals surface area contributed by atoms with Crippen LogP contribution in [-0.4, -0.2) is 73.4 Å². The van der Waals surface area contributed by atoms with E-state index in [1.54, 1.807) is 37.4 Å². The molecule has 1 N–H and O–H groups in total. The number of carbonyl (C=O) groups is 3. The fourth-order valence-corrected chi connectivity index (χ4v) is 4.06. The van der Waals surface area contributed by atoms with E-state index in [0.29, 0.717) is 49.8 Å². The number of carbonyl (C=O) groups excluding carboxylic acids is 3. The first kappa shape index (κ1) is 25.4. The fourth-order valence-electron chi connectivity index (χ4n) is 4.06. The Balaban J connectivity index is 1.96. The van der Waals surface area contributed by atoms with Crippen molar-refractivity contribution in [2.75, 3.05) is 20.1 Å². The molecule has 34 heavy (non-hydrogen) atoms. The Morgan fingerprint density at radius 3 is 2.62 bits per heavy atom. The van der Waals surface area contributed by atoms with Crippen molar-refractivity contribution in [3.63, 3.8) is 0 Å². The molecule has 0 unspecified atom stereocenters. The van der Waals surface area contributed by atoms with Crippen LogP contribution in [-0.2, 0) is 16.1 Å². The number of aryl methyl sites for hydroxylation is 2. The molecule has 0 aliphatic carbocycles. The maximum Gasteiger partial charge on any atom is 0.291 e. The highest BCUT2D eigenvalue weighted by Crippen LogP contribution is 2.21. The minimum Gasteiger partial charge on any atom is -0.438 e. The molecule has 1 aliphatic rings. The van der Waals surface area contributed by atoms with Crippen molar-refractivity contribution in [3.05, 3.63) is 29.5 Å². The lowest BCUT2D eigenvalue weighted by Gasteiger charge is -2.29. The van der Waals surface area contributed by atoms with E-state index in [-0.39, 0.29) is 41.9 Å². The van der Waals surface area contributed by atoms with Gasteiger partial charge in [-0.05, 0) is 39.5 Å². The van der Waals surface area contributed by atoms with E-state index in [2.05, 4.69) is 34.2 Å². The zero-order chi connectivity index (χ0) is 25.0. The van der Waals surface area contributed by atoms with Gasteiger partial charge in [-0.15, -0.1) is 0 Å². The number of hydrogen-bond acceptors (Lipinski definition) is 7. The molecule has 0 bridgehead atoms. The van der Waals surface area contributed by atoms with Crippen LogP contribution in [0.3, 0.4) is 0 Å². The van der Waals surface area contributed by atoms with Crippen LogP contribution < -0.4 is 5.32 Å². The molecule has 0 saturated carbocycles. The number of amides is 3. The van der Waals surface area contributed by atoms with Crippen molar-refractivity contribution >= 4 is 17.7 Å². The molecule has 0 saturated heterocycles. The minimum absolute atomic E-state index is 0.151. The molecule has 186 valence electrons. The molecule has 0 spiro atoms. The molecule has 3 amide bonds. The highest BCUT2D eigenvalue weighted by atomic mass is 16.3. The van der Waals surface area contributed by atoms with Gasteiger partial charge in [0, 0.05) is 26.6 Å². The van der Waals surface area contributed by atoms with Gasteiger partial charge in [0.05, 0.1) is 18.3 Å². The molecule has 11 nitrogen and oxygen atoms in total. The van der Waals surface area contributed by atoms with Gasteiger partial charge in [0.2, 0.25) is 17.6 Å². The number of rotatable bonds is 3. The second kappa shape index (κ2) is 10.8. The molecule has 2 aromatic rings. The van der Waals surface area contributed by atoms with Gasteiger partial charge >= 0.3 is 0 Å². The lowest BCUT2D eigenvalue weighted by molar-refractivity contribution is -0.138. The summed E-state index contributed by atoms with van der Waals surface area (Å²) >= 11 is 0. The largest absolute Gasteiger partial charge is 0.438 e. The zero-order valence-electron chi connectivity index (χ0n) is 20.9. The van der Waals surface area contributed by atoms with Crippen LogP contribution in [0, 0.1) is 19.8 Å². The van der Waals surface area contributed by atoms with Gasteiger partial charge in [-0.25, -0.2) is 14.6 Å². The third-order valence-corrected chi connectivity index (χ3v) is 6.12. The van der Waals surface area contributed by atoms with E-state index < -0.39 is 6.04 Å². The van der Waals surface area contributed by atoms with E-state index in [1.165, 1.54) is 11.3 Å². The van der Waals surface area contributed by atoms with Crippen LogP contribution in [0.4, 0.5) is 0 Å². The maximum absolute atomic E-state index is 13.2. The third-order valence-electron chi connectivity index (χ3n) is 6.12. The van der Waals surface area contributed by atoms with Gasteiger partial charge in [-0.1, -0.05) is 13.8 Å². The predicted molar refractivity (Wildman–Crippen MR) is 124 cm³/mol. The average Bonchev–Trinajstić information content (AvgIpc) is 3.37. The first-order valence-electron chi connectivity index (χ1n) is 11.7. The lowest BCUT2D eigenvalue weighted by atomic mass is 10.0. The summed E-state index contributed by atoms with van der Waals surface area (Å²) in [6.07, 6.45) is 2.59. The van der Waals surface area contributed by atoms with Crippen molar-refractivity contribution in [1.29, 1.82) is 0 Å². The molecule has 2 atom stereocenters. The van der Waals surface area contributed by atoms with E-state index in [1.807, 2.05) is 0 Å². The van der Waals surface area contributed by atoms with Crippen LogP contribution in [0.25, 0.3) is 0 Å². The van der Waals surface area contributed by atoms with E-state index in [0.717, 1.165) is 0 Å². The Bertz CT molecular complexity index is 1030. The smallest absolute Gasteiger partial charge is 0.291 e. The van der Waals surface area contributed by atoms with Crippen LogP contribution in [0.5, 0.6) is 0 Å². The van der Waals surface area contributed by atoms with Gasteiger partial charge in [-0.3, -0.25) is 14.4 Å². The zero-order valence-corrected chi connectivity index (χ0v) is 20.9. The number of oxazole rings is 1. The SMILES string of the molecule is Cc1nc2n(n1)CCN(C(=O)c1ocnc1C)CCCC(=O)N(C)[C@@H](C)C(=O)N[C@@H]2CC(C)C.